The lowest BCUT2D eigenvalue weighted by molar-refractivity contribution is 0.482. The molecule has 1 nitrogen and oxygen atoms in total. The quantitative estimate of drug-likeness (QED) is 0.570. The van der Waals surface area contributed by atoms with Gasteiger partial charge in [-0.1, -0.05) is 0 Å². The molecule has 0 fully saturated rings. The van der Waals surface area contributed by atoms with Gasteiger partial charge in [-0.3, -0.25) is 0 Å². The first kappa shape index (κ1) is 9.59. The van der Waals surface area contributed by atoms with Crippen molar-refractivity contribution in [1.82, 2.24) is 0 Å². The van der Waals surface area contributed by atoms with Crippen LogP contribution in [0.15, 0.2) is 0 Å². The highest BCUT2D eigenvalue weighted by atomic mass is 19.2. The van der Waals surface area contributed by atoms with E-state index in [4.69, 9.17) is 5.26 Å². The van der Waals surface area contributed by atoms with E-state index >= 15 is 0 Å². The minimum absolute atomic E-state index is 0.0320. The summed E-state index contributed by atoms with van der Waals surface area (Å²) in [5.41, 5.74) is -0.995. The molecule has 0 N–H and O–H groups in total. The topological polar surface area (TPSA) is 23.8 Å². The Kier molecular flexibility index (Phi) is 2.28. The van der Waals surface area contributed by atoms with Crippen LogP contribution in [0.25, 0.3) is 0 Å². The predicted molar refractivity (Wildman–Crippen MR) is 40.5 cm³/mol. The second-order valence-electron chi connectivity index (χ2n) is 2.68. The lowest BCUT2D eigenvalue weighted by Crippen LogP contribution is -2.02. The van der Waals surface area contributed by atoms with Crippen LogP contribution < -0.4 is 0 Å². The molecule has 1 aromatic carbocycles. The summed E-state index contributed by atoms with van der Waals surface area (Å²) in [6.07, 6.45) is 0. The van der Waals surface area contributed by atoms with Crippen molar-refractivity contribution in [2.45, 2.75) is 13.8 Å². The number of hydrogen-bond acceptors (Lipinski definition) is 1. The van der Waals surface area contributed by atoms with E-state index in [2.05, 4.69) is 0 Å². The monoisotopic (exact) mass is 185 g/mol. The van der Waals surface area contributed by atoms with Gasteiger partial charge in [0.1, 0.15) is 17.4 Å². The van der Waals surface area contributed by atoms with E-state index in [1.807, 2.05) is 0 Å². The van der Waals surface area contributed by atoms with Crippen LogP contribution in [0.1, 0.15) is 16.7 Å². The Morgan fingerprint density at radius 2 is 1.38 bits per heavy atom. The molecule has 0 saturated heterocycles. The molecule has 0 aromatic heterocycles. The second kappa shape index (κ2) is 3.09. The molecule has 0 saturated carbocycles. The summed E-state index contributed by atoms with van der Waals surface area (Å²) in [5.74, 6) is -3.56. The number of hydrogen-bond donors (Lipinski definition) is 0. The third-order valence-electron chi connectivity index (χ3n) is 1.96. The summed E-state index contributed by atoms with van der Waals surface area (Å²) in [7, 11) is 0. The summed E-state index contributed by atoms with van der Waals surface area (Å²) < 4.78 is 38.9. The maximum Gasteiger partial charge on any atom is 0.179 e. The molecule has 0 amide bonds. The van der Waals surface area contributed by atoms with Crippen LogP contribution >= 0.6 is 0 Å². The molecule has 0 atom stereocenters. The van der Waals surface area contributed by atoms with Crippen LogP contribution in [0.4, 0.5) is 13.2 Å². The van der Waals surface area contributed by atoms with E-state index < -0.39 is 23.0 Å². The fourth-order valence-electron chi connectivity index (χ4n) is 0.986. The van der Waals surface area contributed by atoms with Gasteiger partial charge >= 0.3 is 0 Å². The zero-order valence-corrected chi connectivity index (χ0v) is 7.08. The largest absolute Gasteiger partial charge is 0.205 e. The van der Waals surface area contributed by atoms with Crippen molar-refractivity contribution in [2.75, 3.05) is 0 Å². The maximum atomic E-state index is 13.1. The van der Waals surface area contributed by atoms with Gasteiger partial charge < -0.3 is 0 Å². The number of rotatable bonds is 0. The smallest absolute Gasteiger partial charge is 0.179 e. The zero-order chi connectivity index (χ0) is 10.2. The Morgan fingerprint density at radius 3 is 1.85 bits per heavy atom. The van der Waals surface area contributed by atoms with Crippen molar-refractivity contribution in [3.05, 3.63) is 34.1 Å². The summed E-state index contributed by atoms with van der Waals surface area (Å²) >= 11 is 0. The fourth-order valence-corrected chi connectivity index (χ4v) is 0.986. The van der Waals surface area contributed by atoms with Crippen LogP contribution in [-0.4, -0.2) is 0 Å². The zero-order valence-electron chi connectivity index (χ0n) is 7.08. The van der Waals surface area contributed by atoms with Crippen molar-refractivity contribution in [1.29, 1.82) is 5.26 Å². The van der Waals surface area contributed by atoms with Crippen LogP contribution in [0, 0.1) is 42.6 Å². The van der Waals surface area contributed by atoms with Crippen LogP contribution in [0.5, 0.6) is 0 Å². The van der Waals surface area contributed by atoms with Crippen molar-refractivity contribution in [3.63, 3.8) is 0 Å². The Balaban J connectivity index is 3.69. The predicted octanol–water partition coefficient (Wildman–Crippen LogP) is 2.59. The fraction of sp³-hybridized carbons (Fsp3) is 0.222. The van der Waals surface area contributed by atoms with Gasteiger partial charge in [0.2, 0.25) is 0 Å². The molecule has 68 valence electrons. The van der Waals surface area contributed by atoms with Gasteiger partial charge in [-0.25, -0.2) is 13.2 Å². The molecule has 0 aliphatic carbocycles. The highest BCUT2D eigenvalue weighted by Crippen LogP contribution is 2.22. The molecule has 0 unspecified atom stereocenters. The average Bonchev–Trinajstić information content (AvgIpc) is 2.13. The van der Waals surface area contributed by atoms with E-state index in [1.54, 1.807) is 0 Å². The van der Waals surface area contributed by atoms with Crippen molar-refractivity contribution >= 4 is 0 Å². The molecule has 1 aromatic rings. The molecule has 4 heteroatoms. The van der Waals surface area contributed by atoms with Crippen LogP contribution in [0.3, 0.4) is 0 Å². The average molecular weight is 185 g/mol. The minimum atomic E-state index is -1.41. The standard InChI is InChI=1S/C9H6F3N/c1-4-5(2)8(11)9(12)6(3-13)7(4)10/h1-2H3. The Labute approximate surface area is 73.4 Å². The molecule has 0 bridgehead atoms. The van der Waals surface area contributed by atoms with E-state index in [0.717, 1.165) is 0 Å². The third kappa shape index (κ3) is 1.26. The SMILES string of the molecule is Cc1c(C)c(F)c(C#N)c(F)c1F. The number of halogens is 3. The first-order valence-corrected chi connectivity index (χ1v) is 3.54. The van der Waals surface area contributed by atoms with E-state index in [9.17, 15) is 13.2 Å². The van der Waals surface area contributed by atoms with Crippen molar-refractivity contribution in [2.24, 2.45) is 0 Å². The molecular weight excluding hydrogens is 179 g/mol. The molecular formula is C9H6F3N. The van der Waals surface area contributed by atoms with Gasteiger partial charge in [-0.2, -0.15) is 5.26 Å². The summed E-state index contributed by atoms with van der Waals surface area (Å²) in [6, 6.07) is 1.28. The Morgan fingerprint density at radius 1 is 0.923 bits per heavy atom. The van der Waals surface area contributed by atoms with Gasteiger partial charge in [0, 0.05) is 0 Å². The van der Waals surface area contributed by atoms with E-state index in [0.29, 0.717) is 0 Å². The summed E-state index contributed by atoms with van der Waals surface area (Å²) in [4.78, 5) is 0. The molecule has 0 aliphatic heterocycles. The molecule has 0 aliphatic rings. The molecule has 1 rings (SSSR count). The Bertz CT molecular complexity index is 375. The highest BCUT2D eigenvalue weighted by Gasteiger charge is 2.19. The van der Waals surface area contributed by atoms with Crippen LogP contribution in [0.2, 0.25) is 0 Å². The second-order valence-corrected chi connectivity index (χ2v) is 2.68. The lowest BCUT2D eigenvalue weighted by atomic mass is 10.0. The van der Waals surface area contributed by atoms with Crippen molar-refractivity contribution in [3.8, 4) is 6.07 Å². The van der Waals surface area contributed by atoms with Gasteiger partial charge in [-0.15, -0.1) is 0 Å². The number of nitrogens with zero attached hydrogens (tertiary/aromatic N) is 1. The van der Waals surface area contributed by atoms with Gasteiger partial charge in [0.15, 0.2) is 11.6 Å². The summed E-state index contributed by atoms with van der Waals surface area (Å²) in [5, 5.41) is 8.34. The van der Waals surface area contributed by atoms with Gasteiger partial charge in [0.05, 0.1) is 0 Å². The van der Waals surface area contributed by atoms with Crippen LogP contribution in [-0.2, 0) is 0 Å². The molecule has 0 heterocycles. The van der Waals surface area contributed by atoms with Gasteiger partial charge in [0.25, 0.3) is 0 Å². The number of benzene rings is 1. The van der Waals surface area contributed by atoms with Crippen molar-refractivity contribution < 1.29 is 13.2 Å². The molecule has 0 radical (unpaired) electrons. The highest BCUT2D eigenvalue weighted by molar-refractivity contribution is 5.41. The molecule has 13 heavy (non-hydrogen) atoms. The maximum absolute atomic E-state index is 13.1. The summed E-state index contributed by atoms with van der Waals surface area (Å²) in [6.45, 7) is 2.56. The number of nitriles is 1. The van der Waals surface area contributed by atoms with E-state index in [1.165, 1.54) is 19.9 Å². The Hall–Kier alpha value is -1.50. The first-order chi connectivity index (χ1) is 6.00. The lowest BCUT2D eigenvalue weighted by Gasteiger charge is -2.05. The first-order valence-electron chi connectivity index (χ1n) is 3.54. The molecule has 0 spiro atoms. The minimum Gasteiger partial charge on any atom is -0.205 e. The van der Waals surface area contributed by atoms with Gasteiger partial charge in [-0.05, 0) is 25.0 Å². The third-order valence-corrected chi connectivity index (χ3v) is 1.96. The normalized spacial score (nSPS) is 9.85. The van der Waals surface area contributed by atoms with E-state index in [-0.39, 0.29) is 11.1 Å².